The Morgan fingerprint density at radius 2 is 1.04 bits per heavy atom. The summed E-state index contributed by atoms with van der Waals surface area (Å²) in [5.74, 6) is -0.928. The Morgan fingerprint density at radius 3 is 1.44 bits per heavy atom. The van der Waals surface area contributed by atoms with Gasteiger partial charge < -0.3 is 28.4 Å². The molecule has 1 unspecified atom stereocenters. The molecule has 0 radical (unpaired) electrons. The molecule has 0 aromatic heterocycles. The monoisotopic (exact) mass is 392 g/mol. The van der Waals surface area contributed by atoms with E-state index in [2.05, 4.69) is 13.8 Å². The summed E-state index contributed by atoms with van der Waals surface area (Å²) in [6.45, 7) is 7.16. The van der Waals surface area contributed by atoms with Crippen molar-refractivity contribution >= 4 is 0 Å². The van der Waals surface area contributed by atoms with Crippen LogP contribution >= 0.6 is 0 Å². The van der Waals surface area contributed by atoms with Gasteiger partial charge in [-0.05, 0) is 12.8 Å². The zero-order valence-corrected chi connectivity index (χ0v) is 18.4. The maximum Gasteiger partial charge on any atom is 0.286 e. The summed E-state index contributed by atoms with van der Waals surface area (Å²) in [4.78, 5) is 0. The minimum Gasteiger partial charge on any atom is -0.382 e. The van der Waals surface area contributed by atoms with Crippen molar-refractivity contribution in [1.29, 1.82) is 0 Å². The number of ether oxygens (including phenoxy) is 6. The van der Waals surface area contributed by atoms with Crippen molar-refractivity contribution in [2.24, 2.45) is 5.92 Å². The van der Waals surface area contributed by atoms with Crippen LogP contribution in [0.1, 0.15) is 65.2 Å². The van der Waals surface area contributed by atoms with E-state index in [-0.39, 0.29) is 5.92 Å². The van der Waals surface area contributed by atoms with E-state index in [1.165, 1.54) is 32.1 Å². The molecule has 1 atom stereocenters. The van der Waals surface area contributed by atoms with Crippen molar-refractivity contribution in [2.45, 2.75) is 71.2 Å². The molecule has 0 heterocycles. The van der Waals surface area contributed by atoms with E-state index in [0.29, 0.717) is 39.6 Å². The summed E-state index contributed by atoms with van der Waals surface area (Å²) in [5.41, 5.74) is 0. The lowest BCUT2D eigenvalue weighted by Crippen LogP contribution is -2.48. The van der Waals surface area contributed by atoms with E-state index < -0.39 is 5.97 Å². The molecule has 0 rings (SSSR count). The molecule has 0 fully saturated rings. The second-order valence-corrected chi connectivity index (χ2v) is 6.79. The third-order valence-electron chi connectivity index (χ3n) is 4.67. The van der Waals surface area contributed by atoms with Crippen molar-refractivity contribution in [2.75, 3.05) is 61.0 Å². The fourth-order valence-corrected chi connectivity index (χ4v) is 3.08. The molecule has 164 valence electrons. The first kappa shape index (κ1) is 26.8. The first-order valence-corrected chi connectivity index (χ1v) is 10.6. The van der Waals surface area contributed by atoms with Gasteiger partial charge in [-0.15, -0.1) is 0 Å². The Labute approximate surface area is 167 Å². The lowest BCUT2D eigenvalue weighted by molar-refractivity contribution is -0.409. The van der Waals surface area contributed by atoms with Crippen molar-refractivity contribution in [1.82, 2.24) is 0 Å². The molecule has 27 heavy (non-hydrogen) atoms. The van der Waals surface area contributed by atoms with E-state index in [9.17, 15) is 0 Å². The minimum absolute atomic E-state index is 0.147. The summed E-state index contributed by atoms with van der Waals surface area (Å²) < 4.78 is 33.9. The molecule has 0 aliphatic carbocycles. The molecule has 0 saturated heterocycles. The Bertz CT molecular complexity index is 274. The Kier molecular flexibility index (Phi) is 18.9. The van der Waals surface area contributed by atoms with Crippen LogP contribution in [-0.4, -0.2) is 66.9 Å². The molecule has 6 heteroatoms. The molecule has 0 aliphatic heterocycles. The summed E-state index contributed by atoms with van der Waals surface area (Å²) in [6.07, 6.45) is 9.52. The Hall–Kier alpha value is -0.240. The highest BCUT2D eigenvalue weighted by Crippen LogP contribution is 2.33. The standard InChI is InChI=1S/C21H44O6/c1-6-8-9-10-11-12-13-20(7-2)21(25-17-14-22-3,26-18-15-23-4)27-19-16-24-5/h20H,6-19H2,1-5H3. The minimum atomic E-state index is -1.08. The third-order valence-corrected chi connectivity index (χ3v) is 4.67. The second kappa shape index (κ2) is 19.1. The zero-order chi connectivity index (χ0) is 20.2. The molecule has 0 aromatic carbocycles. The van der Waals surface area contributed by atoms with Crippen LogP contribution in [0.4, 0.5) is 0 Å². The number of unbranched alkanes of at least 4 members (excludes halogenated alkanes) is 5. The van der Waals surface area contributed by atoms with Crippen LogP contribution in [0.3, 0.4) is 0 Å². The lowest BCUT2D eigenvalue weighted by Gasteiger charge is -2.39. The smallest absolute Gasteiger partial charge is 0.286 e. The van der Waals surface area contributed by atoms with E-state index in [0.717, 1.165) is 19.3 Å². The van der Waals surface area contributed by atoms with E-state index in [1.54, 1.807) is 21.3 Å². The van der Waals surface area contributed by atoms with Crippen LogP contribution in [0, 0.1) is 5.92 Å². The first-order chi connectivity index (χ1) is 13.2. The van der Waals surface area contributed by atoms with Crippen LogP contribution in [0.2, 0.25) is 0 Å². The van der Waals surface area contributed by atoms with E-state index in [4.69, 9.17) is 28.4 Å². The number of methoxy groups -OCH3 is 3. The van der Waals surface area contributed by atoms with Crippen LogP contribution in [0.5, 0.6) is 0 Å². The summed E-state index contributed by atoms with van der Waals surface area (Å²) in [5, 5.41) is 0. The van der Waals surface area contributed by atoms with Gasteiger partial charge in [0.15, 0.2) is 0 Å². The number of rotatable bonds is 21. The van der Waals surface area contributed by atoms with Gasteiger partial charge >= 0.3 is 0 Å². The highest BCUT2D eigenvalue weighted by molar-refractivity contribution is 4.72. The van der Waals surface area contributed by atoms with Gasteiger partial charge in [-0.25, -0.2) is 0 Å². The summed E-state index contributed by atoms with van der Waals surface area (Å²) in [6, 6.07) is 0. The molecule has 0 amide bonds. The highest BCUT2D eigenvalue weighted by Gasteiger charge is 2.41. The molecular formula is C21H44O6. The van der Waals surface area contributed by atoms with Gasteiger partial charge in [-0.3, -0.25) is 0 Å². The molecule has 0 aliphatic rings. The molecule has 0 saturated carbocycles. The van der Waals surface area contributed by atoms with Crippen LogP contribution in [-0.2, 0) is 28.4 Å². The molecular weight excluding hydrogens is 348 g/mol. The maximum atomic E-state index is 6.13. The Balaban J connectivity index is 4.92. The summed E-state index contributed by atoms with van der Waals surface area (Å²) >= 11 is 0. The van der Waals surface area contributed by atoms with Crippen LogP contribution in [0.25, 0.3) is 0 Å². The molecule has 0 aromatic rings. The average Bonchev–Trinajstić information content (AvgIpc) is 2.67. The quantitative estimate of drug-likeness (QED) is 0.213. The number of hydrogen-bond donors (Lipinski definition) is 0. The van der Waals surface area contributed by atoms with Gasteiger partial charge in [-0.2, -0.15) is 0 Å². The molecule has 0 N–H and O–H groups in total. The van der Waals surface area contributed by atoms with Crippen molar-refractivity contribution in [3.63, 3.8) is 0 Å². The average molecular weight is 393 g/mol. The van der Waals surface area contributed by atoms with E-state index >= 15 is 0 Å². The SMILES string of the molecule is CCCCCCCCC(CC)C(OCCOC)(OCCOC)OCCOC. The van der Waals surface area contributed by atoms with Crippen LogP contribution in [0.15, 0.2) is 0 Å². The molecule has 0 spiro atoms. The zero-order valence-electron chi connectivity index (χ0n) is 18.4. The predicted molar refractivity (Wildman–Crippen MR) is 108 cm³/mol. The van der Waals surface area contributed by atoms with Gasteiger partial charge in [0.2, 0.25) is 0 Å². The van der Waals surface area contributed by atoms with Gasteiger partial charge in [0, 0.05) is 27.2 Å². The van der Waals surface area contributed by atoms with Gasteiger partial charge in [0.25, 0.3) is 5.97 Å². The topological polar surface area (TPSA) is 55.4 Å². The van der Waals surface area contributed by atoms with E-state index in [1.807, 2.05) is 0 Å². The largest absolute Gasteiger partial charge is 0.382 e. The predicted octanol–water partition coefficient (Wildman–Crippen LogP) is 4.41. The highest BCUT2D eigenvalue weighted by atomic mass is 16.9. The molecule has 0 bridgehead atoms. The van der Waals surface area contributed by atoms with Gasteiger partial charge in [0.1, 0.15) is 0 Å². The normalized spacial score (nSPS) is 13.2. The maximum absolute atomic E-state index is 6.13. The lowest BCUT2D eigenvalue weighted by atomic mass is 9.95. The summed E-state index contributed by atoms with van der Waals surface area (Å²) in [7, 11) is 4.99. The van der Waals surface area contributed by atoms with Gasteiger partial charge in [-0.1, -0.05) is 52.4 Å². The first-order valence-electron chi connectivity index (χ1n) is 10.6. The van der Waals surface area contributed by atoms with Crippen LogP contribution < -0.4 is 0 Å². The molecule has 6 nitrogen and oxygen atoms in total. The fraction of sp³-hybridized carbons (Fsp3) is 1.00. The second-order valence-electron chi connectivity index (χ2n) is 6.79. The Morgan fingerprint density at radius 1 is 0.593 bits per heavy atom. The fourth-order valence-electron chi connectivity index (χ4n) is 3.08. The van der Waals surface area contributed by atoms with Crippen molar-refractivity contribution < 1.29 is 28.4 Å². The van der Waals surface area contributed by atoms with Gasteiger partial charge in [0.05, 0.1) is 39.6 Å². The van der Waals surface area contributed by atoms with Crippen molar-refractivity contribution in [3.05, 3.63) is 0 Å². The number of hydrogen-bond acceptors (Lipinski definition) is 6. The van der Waals surface area contributed by atoms with Crippen molar-refractivity contribution in [3.8, 4) is 0 Å². The third kappa shape index (κ3) is 12.8.